The SMILES string of the molecule is Cc1cc(N)nc(COc2ccc(CO)cc2)n1. The topological polar surface area (TPSA) is 81.3 Å². The summed E-state index contributed by atoms with van der Waals surface area (Å²) in [5.74, 6) is 1.70. The van der Waals surface area contributed by atoms with Crippen LogP contribution in [0.15, 0.2) is 30.3 Å². The Morgan fingerprint density at radius 1 is 1.22 bits per heavy atom. The smallest absolute Gasteiger partial charge is 0.168 e. The summed E-state index contributed by atoms with van der Waals surface area (Å²) >= 11 is 0. The average molecular weight is 245 g/mol. The molecule has 3 N–H and O–H groups in total. The van der Waals surface area contributed by atoms with Crippen LogP contribution in [0.4, 0.5) is 5.82 Å². The van der Waals surface area contributed by atoms with Gasteiger partial charge in [-0.3, -0.25) is 0 Å². The summed E-state index contributed by atoms with van der Waals surface area (Å²) in [5.41, 5.74) is 7.29. The van der Waals surface area contributed by atoms with Crippen LogP contribution in [0.3, 0.4) is 0 Å². The summed E-state index contributed by atoms with van der Waals surface area (Å²) in [6, 6.07) is 8.91. The molecule has 1 heterocycles. The molecule has 0 amide bonds. The summed E-state index contributed by atoms with van der Waals surface area (Å²) < 4.78 is 5.54. The van der Waals surface area contributed by atoms with Crippen molar-refractivity contribution >= 4 is 5.82 Å². The van der Waals surface area contributed by atoms with Crippen LogP contribution in [-0.4, -0.2) is 15.1 Å². The Bertz CT molecular complexity index is 506. The third-order valence-corrected chi connectivity index (χ3v) is 2.39. The minimum absolute atomic E-state index is 0.0256. The number of hydrogen-bond donors (Lipinski definition) is 2. The van der Waals surface area contributed by atoms with Gasteiger partial charge in [-0.05, 0) is 24.6 Å². The Morgan fingerprint density at radius 3 is 2.56 bits per heavy atom. The molecule has 0 saturated heterocycles. The van der Waals surface area contributed by atoms with Gasteiger partial charge < -0.3 is 15.6 Å². The van der Waals surface area contributed by atoms with E-state index in [2.05, 4.69) is 9.97 Å². The first kappa shape index (κ1) is 12.3. The average Bonchev–Trinajstić information content (AvgIpc) is 2.36. The fourth-order valence-electron chi connectivity index (χ4n) is 1.56. The zero-order chi connectivity index (χ0) is 13.0. The Labute approximate surface area is 105 Å². The number of anilines is 1. The molecule has 0 aliphatic rings. The van der Waals surface area contributed by atoms with Gasteiger partial charge in [-0.1, -0.05) is 12.1 Å². The Kier molecular flexibility index (Phi) is 3.74. The molecule has 0 fully saturated rings. The second kappa shape index (κ2) is 5.46. The van der Waals surface area contributed by atoms with Crippen molar-refractivity contribution in [3.63, 3.8) is 0 Å². The molecule has 0 spiro atoms. The van der Waals surface area contributed by atoms with Gasteiger partial charge in [0, 0.05) is 11.8 Å². The van der Waals surface area contributed by atoms with Gasteiger partial charge in [0.15, 0.2) is 5.82 Å². The molecule has 1 aromatic carbocycles. The van der Waals surface area contributed by atoms with Gasteiger partial charge in [0.05, 0.1) is 6.61 Å². The van der Waals surface area contributed by atoms with Crippen LogP contribution in [0.25, 0.3) is 0 Å². The van der Waals surface area contributed by atoms with Gasteiger partial charge in [0.25, 0.3) is 0 Å². The maximum Gasteiger partial charge on any atom is 0.168 e. The van der Waals surface area contributed by atoms with E-state index in [1.165, 1.54) is 0 Å². The van der Waals surface area contributed by atoms with Crippen LogP contribution in [-0.2, 0) is 13.2 Å². The van der Waals surface area contributed by atoms with Gasteiger partial charge in [0.1, 0.15) is 18.2 Å². The first-order chi connectivity index (χ1) is 8.67. The van der Waals surface area contributed by atoms with E-state index in [9.17, 15) is 0 Å². The minimum atomic E-state index is 0.0256. The molecule has 94 valence electrons. The van der Waals surface area contributed by atoms with Crippen molar-refractivity contribution in [2.24, 2.45) is 0 Å². The number of rotatable bonds is 4. The predicted octanol–water partition coefficient (Wildman–Crippen LogP) is 1.44. The van der Waals surface area contributed by atoms with Crippen molar-refractivity contribution in [1.29, 1.82) is 0 Å². The molecule has 0 saturated carbocycles. The third-order valence-electron chi connectivity index (χ3n) is 2.39. The van der Waals surface area contributed by atoms with Gasteiger partial charge in [-0.15, -0.1) is 0 Å². The first-order valence-corrected chi connectivity index (χ1v) is 5.60. The monoisotopic (exact) mass is 245 g/mol. The summed E-state index contributed by atoms with van der Waals surface area (Å²) in [5, 5.41) is 8.92. The number of nitrogen functional groups attached to an aromatic ring is 1. The first-order valence-electron chi connectivity index (χ1n) is 5.60. The highest BCUT2D eigenvalue weighted by molar-refractivity contribution is 5.30. The standard InChI is InChI=1S/C13H15N3O2/c1-9-6-12(14)16-13(15-9)8-18-11-4-2-10(7-17)3-5-11/h2-6,17H,7-8H2,1H3,(H2,14,15,16). The molecule has 0 aliphatic heterocycles. The number of aliphatic hydroxyl groups excluding tert-OH is 1. The number of benzene rings is 1. The van der Waals surface area contributed by atoms with E-state index in [4.69, 9.17) is 15.6 Å². The second-order valence-corrected chi connectivity index (χ2v) is 3.94. The maximum absolute atomic E-state index is 8.92. The molecule has 0 bridgehead atoms. The van der Waals surface area contributed by atoms with Gasteiger partial charge in [-0.25, -0.2) is 9.97 Å². The van der Waals surface area contributed by atoms with E-state index < -0.39 is 0 Å². The third kappa shape index (κ3) is 3.18. The Hall–Kier alpha value is -2.14. The van der Waals surface area contributed by atoms with Crippen molar-refractivity contribution in [2.75, 3.05) is 5.73 Å². The number of hydrogen-bond acceptors (Lipinski definition) is 5. The lowest BCUT2D eigenvalue weighted by Gasteiger charge is -2.07. The molecule has 0 atom stereocenters. The highest BCUT2D eigenvalue weighted by Gasteiger charge is 2.01. The molecule has 18 heavy (non-hydrogen) atoms. The van der Waals surface area contributed by atoms with E-state index in [1.807, 2.05) is 6.92 Å². The molecule has 5 heteroatoms. The molecule has 1 aromatic heterocycles. The fourth-order valence-corrected chi connectivity index (χ4v) is 1.56. The largest absolute Gasteiger partial charge is 0.486 e. The normalized spacial score (nSPS) is 10.3. The van der Waals surface area contributed by atoms with E-state index in [-0.39, 0.29) is 13.2 Å². The Morgan fingerprint density at radius 2 is 1.94 bits per heavy atom. The van der Waals surface area contributed by atoms with Crippen molar-refractivity contribution in [3.05, 3.63) is 47.4 Å². The van der Waals surface area contributed by atoms with Gasteiger partial charge in [0.2, 0.25) is 0 Å². The van der Waals surface area contributed by atoms with Crippen LogP contribution in [0.2, 0.25) is 0 Å². The van der Waals surface area contributed by atoms with E-state index in [0.29, 0.717) is 17.4 Å². The lowest BCUT2D eigenvalue weighted by Crippen LogP contribution is -2.05. The van der Waals surface area contributed by atoms with E-state index >= 15 is 0 Å². The summed E-state index contributed by atoms with van der Waals surface area (Å²) in [4.78, 5) is 8.31. The van der Waals surface area contributed by atoms with Crippen molar-refractivity contribution in [2.45, 2.75) is 20.1 Å². The molecular weight excluding hydrogens is 230 g/mol. The summed E-state index contributed by atoms with van der Waals surface area (Å²) in [7, 11) is 0. The summed E-state index contributed by atoms with van der Waals surface area (Å²) in [6.45, 7) is 2.15. The lowest BCUT2D eigenvalue weighted by atomic mass is 10.2. The van der Waals surface area contributed by atoms with Crippen molar-refractivity contribution < 1.29 is 9.84 Å². The summed E-state index contributed by atoms with van der Waals surface area (Å²) in [6.07, 6.45) is 0. The lowest BCUT2D eigenvalue weighted by molar-refractivity contribution is 0.280. The van der Waals surface area contributed by atoms with Gasteiger partial charge in [-0.2, -0.15) is 0 Å². The van der Waals surface area contributed by atoms with Crippen LogP contribution < -0.4 is 10.5 Å². The van der Waals surface area contributed by atoms with E-state index in [0.717, 1.165) is 11.3 Å². The molecule has 0 radical (unpaired) electrons. The maximum atomic E-state index is 8.92. The number of ether oxygens (including phenoxy) is 1. The van der Waals surface area contributed by atoms with E-state index in [1.54, 1.807) is 30.3 Å². The van der Waals surface area contributed by atoms with Crippen molar-refractivity contribution in [1.82, 2.24) is 9.97 Å². The second-order valence-electron chi connectivity index (χ2n) is 3.94. The quantitative estimate of drug-likeness (QED) is 0.851. The molecule has 0 aliphatic carbocycles. The highest BCUT2D eigenvalue weighted by Crippen LogP contribution is 2.13. The van der Waals surface area contributed by atoms with Crippen LogP contribution in [0.5, 0.6) is 5.75 Å². The fraction of sp³-hybridized carbons (Fsp3) is 0.231. The number of nitrogens with two attached hydrogens (primary N) is 1. The number of aliphatic hydroxyl groups is 1. The zero-order valence-corrected chi connectivity index (χ0v) is 10.1. The molecule has 0 unspecified atom stereocenters. The predicted molar refractivity (Wildman–Crippen MR) is 67.9 cm³/mol. The number of aromatic nitrogens is 2. The highest BCUT2D eigenvalue weighted by atomic mass is 16.5. The Balaban J connectivity index is 2.01. The zero-order valence-electron chi connectivity index (χ0n) is 10.1. The van der Waals surface area contributed by atoms with Crippen molar-refractivity contribution in [3.8, 4) is 5.75 Å². The van der Waals surface area contributed by atoms with Gasteiger partial charge >= 0.3 is 0 Å². The molecular formula is C13H15N3O2. The molecule has 5 nitrogen and oxygen atoms in total. The van der Waals surface area contributed by atoms with Crippen LogP contribution >= 0.6 is 0 Å². The minimum Gasteiger partial charge on any atom is -0.486 e. The number of aryl methyl sites for hydroxylation is 1. The van der Waals surface area contributed by atoms with Crippen LogP contribution in [0, 0.1) is 6.92 Å². The number of nitrogens with zero attached hydrogens (tertiary/aromatic N) is 2. The van der Waals surface area contributed by atoms with Crippen LogP contribution in [0.1, 0.15) is 17.1 Å². The molecule has 2 aromatic rings. The molecule has 2 rings (SSSR count).